The molecule has 1 aromatic carbocycles. The predicted octanol–water partition coefficient (Wildman–Crippen LogP) is 2.34. The summed E-state index contributed by atoms with van der Waals surface area (Å²) in [4.78, 5) is 9.29. The van der Waals surface area contributed by atoms with Crippen LogP contribution >= 0.6 is 35.7 Å². The number of hydrogen-bond acceptors (Lipinski definition) is 4. The number of hydrogen-bond donors (Lipinski definition) is 2. The molecule has 0 amide bonds. The average molecular weight is 477 g/mol. The van der Waals surface area contributed by atoms with Gasteiger partial charge in [0.15, 0.2) is 5.96 Å². The van der Waals surface area contributed by atoms with Gasteiger partial charge in [0, 0.05) is 57.8 Å². The minimum absolute atomic E-state index is 0. The van der Waals surface area contributed by atoms with Crippen molar-refractivity contribution in [1.82, 2.24) is 15.5 Å². The third-order valence-corrected chi connectivity index (χ3v) is 4.87. The van der Waals surface area contributed by atoms with Gasteiger partial charge in [-0.25, -0.2) is 0 Å². The number of guanidine groups is 1. The van der Waals surface area contributed by atoms with Crippen molar-refractivity contribution in [3.8, 4) is 0 Å². The number of nitrogens with one attached hydrogen (secondary N) is 2. The lowest BCUT2D eigenvalue weighted by Crippen LogP contribution is -2.47. The molecule has 1 saturated heterocycles. The number of anilines is 1. The Bertz CT molecular complexity index is 478. The van der Waals surface area contributed by atoms with Crippen molar-refractivity contribution in [3.63, 3.8) is 0 Å². The van der Waals surface area contributed by atoms with E-state index >= 15 is 0 Å². The summed E-state index contributed by atoms with van der Waals surface area (Å²) in [6, 6.07) is 10.7. The number of para-hydroxylation sites is 1. The summed E-state index contributed by atoms with van der Waals surface area (Å²) >= 11 is 1.84. The molecule has 0 saturated carbocycles. The predicted molar refractivity (Wildman–Crippen MR) is 123 cm³/mol. The van der Waals surface area contributed by atoms with E-state index in [0.29, 0.717) is 0 Å². The number of aliphatic imine (C=N–C) groups is 1. The van der Waals surface area contributed by atoms with E-state index in [1.54, 1.807) is 0 Å². The molecule has 5 nitrogen and oxygen atoms in total. The Kier molecular flexibility index (Phi) is 12.1. The summed E-state index contributed by atoms with van der Waals surface area (Å²) in [5.41, 5.74) is 1.35. The summed E-state index contributed by atoms with van der Waals surface area (Å²) in [6.07, 6.45) is 3.27. The van der Waals surface area contributed by atoms with Crippen molar-refractivity contribution in [2.45, 2.75) is 6.42 Å². The maximum Gasteiger partial charge on any atom is 0.191 e. The maximum absolute atomic E-state index is 4.25. The highest BCUT2D eigenvalue weighted by molar-refractivity contribution is 14.0. The molecule has 7 heteroatoms. The minimum atomic E-state index is 0. The van der Waals surface area contributed by atoms with Gasteiger partial charge in [-0.3, -0.25) is 9.89 Å². The Labute approximate surface area is 174 Å². The number of benzene rings is 1. The first-order chi connectivity index (χ1) is 11.8. The van der Waals surface area contributed by atoms with Gasteiger partial charge in [-0.05, 0) is 31.4 Å². The van der Waals surface area contributed by atoms with Gasteiger partial charge in [0.1, 0.15) is 0 Å². The van der Waals surface area contributed by atoms with Crippen LogP contribution in [0.3, 0.4) is 0 Å². The molecular weight excluding hydrogens is 445 g/mol. The van der Waals surface area contributed by atoms with Crippen molar-refractivity contribution >= 4 is 47.4 Å². The van der Waals surface area contributed by atoms with Gasteiger partial charge >= 0.3 is 0 Å². The van der Waals surface area contributed by atoms with Crippen LogP contribution in [0, 0.1) is 0 Å². The summed E-state index contributed by atoms with van der Waals surface area (Å²) in [7, 11) is 1.83. The fourth-order valence-corrected chi connectivity index (χ4v) is 3.18. The highest BCUT2D eigenvalue weighted by Crippen LogP contribution is 2.15. The summed E-state index contributed by atoms with van der Waals surface area (Å²) in [5.74, 6) is 2.02. The number of halogens is 1. The van der Waals surface area contributed by atoms with Crippen molar-refractivity contribution in [3.05, 3.63) is 30.3 Å². The van der Waals surface area contributed by atoms with Gasteiger partial charge in [0.2, 0.25) is 0 Å². The third kappa shape index (κ3) is 8.50. The zero-order valence-corrected chi connectivity index (χ0v) is 18.6. The minimum Gasteiger partial charge on any atom is -0.369 e. The second kappa shape index (κ2) is 13.5. The van der Waals surface area contributed by atoms with Crippen LogP contribution in [0.1, 0.15) is 6.42 Å². The van der Waals surface area contributed by atoms with Crippen LogP contribution in [0.5, 0.6) is 0 Å². The van der Waals surface area contributed by atoms with Crippen LogP contribution in [0.2, 0.25) is 0 Å². The number of rotatable bonds is 8. The Balaban J connectivity index is 0.00000312. The average Bonchev–Trinajstić information content (AvgIpc) is 2.65. The van der Waals surface area contributed by atoms with Crippen LogP contribution in [0.15, 0.2) is 35.3 Å². The van der Waals surface area contributed by atoms with Crippen LogP contribution < -0.4 is 15.5 Å². The standard InChI is InChI=1S/C18H31N5S.HI/c1-19-18(21-10-16-24-2)20-9-6-11-22-12-14-23(15-13-22)17-7-4-3-5-8-17;/h3-5,7-8H,6,9-16H2,1-2H3,(H2,19,20,21);1H. The van der Waals surface area contributed by atoms with Crippen LogP contribution in [0.25, 0.3) is 0 Å². The molecule has 0 bridgehead atoms. The van der Waals surface area contributed by atoms with Gasteiger partial charge in [-0.2, -0.15) is 11.8 Å². The molecule has 0 aliphatic carbocycles. The fourth-order valence-electron chi connectivity index (χ4n) is 2.87. The number of piperazine rings is 1. The van der Waals surface area contributed by atoms with Crippen molar-refractivity contribution < 1.29 is 0 Å². The summed E-state index contributed by atoms with van der Waals surface area (Å²) < 4.78 is 0. The first-order valence-electron chi connectivity index (χ1n) is 8.79. The molecular formula is C18H32IN5S. The molecule has 2 N–H and O–H groups in total. The van der Waals surface area contributed by atoms with Crippen LogP contribution in [-0.2, 0) is 0 Å². The van der Waals surface area contributed by atoms with Gasteiger partial charge < -0.3 is 15.5 Å². The smallest absolute Gasteiger partial charge is 0.191 e. The SMILES string of the molecule is CN=C(NCCCN1CCN(c2ccccc2)CC1)NCCSC.I. The molecule has 2 rings (SSSR count). The molecule has 0 spiro atoms. The normalized spacial score (nSPS) is 15.6. The Morgan fingerprint density at radius 3 is 2.40 bits per heavy atom. The Morgan fingerprint density at radius 2 is 1.76 bits per heavy atom. The molecule has 0 radical (unpaired) electrons. The molecule has 1 heterocycles. The van der Waals surface area contributed by atoms with Crippen molar-refractivity contribution in [1.29, 1.82) is 0 Å². The number of thioether (sulfide) groups is 1. The lowest BCUT2D eigenvalue weighted by atomic mass is 10.2. The first kappa shape index (κ1) is 22.4. The highest BCUT2D eigenvalue weighted by atomic mass is 127. The molecule has 0 atom stereocenters. The third-order valence-electron chi connectivity index (χ3n) is 4.26. The maximum atomic E-state index is 4.25. The van der Waals surface area contributed by atoms with Crippen LogP contribution in [0.4, 0.5) is 5.69 Å². The zero-order chi connectivity index (χ0) is 17.0. The molecule has 142 valence electrons. The molecule has 0 aromatic heterocycles. The van der Waals surface area contributed by atoms with Gasteiger partial charge in [0.05, 0.1) is 0 Å². The lowest BCUT2D eigenvalue weighted by molar-refractivity contribution is 0.255. The molecule has 1 aromatic rings. The van der Waals surface area contributed by atoms with Crippen molar-refractivity contribution in [2.75, 3.05) is 69.8 Å². The second-order valence-corrected chi connectivity index (χ2v) is 6.92. The van der Waals surface area contributed by atoms with E-state index in [-0.39, 0.29) is 24.0 Å². The Hall–Kier alpha value is -0.670. The fraction of sp³-hybridized carbons (Fsp3) is 0.611. The van der Waals surface area contributed by atoms with Gasteiger partial charge in [0.25, 0.3) is 0 Å². The number of nitrogens with zero attached hydrogens (tertiary/aromatic N) is 3. The van der Waals surface area contributed by atoms with E-state index in [1.807, 2.05) is 18.8 Å². The highest BCUT2D eigenvalue weighted by Gasteiger charge is 2.16. The van der Waals surface area contributed by atoms with E-state index in [0.717, 1.165) is 63.9 Å². The van der Waals surface area contributed by atoms with Crippen LogP contribution in [-0.4, -0.2) is 75.7 Å². The van der Waals surface area contributed by atoms with Gasteiger partial charge in [-0.15, -0.1) is 24.0 Å². The molecule has 1 fully saturated rings. The largest absolute Gasteiger partial charge is 0.369 e. The quantitative estimate of drug-likeness (QED) is 0.261. The lowest BCUT2D eigenvalue weighted by Gasteiger charge is -2.36. The summed E-state index contributed by atoms with van der Waals surface area (Å²) in [5, 5.41) is 6.73. The van der Waals surface area contributed by atoms with E-state index in [2.05, 4.69) is 62.0 Å². The van der Waals surface area contributed by atoms with E-state index < -0.39 is 0 Å². The van der Waals surface area contributed by atoms with E-state index in [1.165, 1.54) is 5.69 Å². The molecule has 25 heavy (non-hydrogen) atoms. The van der Waals surface area contributed by atoms with Crippen molar-refractivity contribution in [2.24, 2.45) is 4.99 Å². The van der Waals surface area contributed by atoms with E-state index in [9.17, 15) is 0 Å². The second-order valence-electron chi connectivity index (χ2n) is 5.94. The monoisotopic (exact) mass is 477 g/mol. The Morgan fingerprint density at radius 1 is 1.08 bits per heavy atom. The summed E-state index contributed by atoms with van der Waals surface area (Å²) in [6.45, 7) is 7.62. The first-order valence-corrected chi connectivity index (χ1v) is 10.2. The molecule has 1 aliphatic rings. The topological polar surface area (TPSA) is 42.9 Å². The molecule has 0 unspecified atom stereocenters. The zero-order valence-electron chi connectivity index (χ0n) is 15.4. The molecule has 1 aliphatic heterocycles. The van der Waals surface area contributed by atoms with Gasteiger partial charge in [-0.1, -0.05) is 18.2 Å². The van der Waals surface area contributed by atoms with E-state index in [4.69, 9.17) is 0 Å².